The third kappa shape index (κ3) is 4.79. The van der Waals surface area contributed by atoms with E-state index in [1.807, 2.05) is 60.3 Å². The van der Waals surface area contributed by atoms with Crippen molar-refractivity contribution in [1.82, 2.24) is 5.32 Å². The average Bonchev–Trinajstić information content (AvgIpc) is 2.59. The van der Waals surface area contributed by atoms with Crippen LogP contribution in [0, 0.1) is 6.92 Å². The lowest BCUT2D eigenvalue weighted by molar-refractivity contribution is -0.576. The van der Waals surface area contributed by atoms with E-state index >= 15 is 0 Å². The Bertz CT molecular complexity index is 830. The van der Waals surface area contributed by atoms with Gasteiger partial charge in [-0.05, 0) is 24.0 Å². The monoisotopic (exact) mass is 367 g/mol. The molecular weight excluding hydrogens is 340 g/mol. The first kappa shape index (κ1) is 19.9. The lowest BCUT2D eigenvalue weighted by atomic mass is 9.86. The van der Waals surface area contributed by atoms with Crippen LogP contribution < -0.4 is 9.88 Å². The topological polar surface area (TPSA) is 36.1 Å². The first-order chi connectivity index (χ1) is 12.2. The second kappa shape index (κ2) is 8.28. The van der Waals surface area contributed by atoms with Crippen molar-refractivity contribution < 1.29 is 9.67 Å². The number of hydrogen-bond acceptors (Lipinski definition) is 2. The first-order valence-electron chi connectivity index (χ1n) is 8.65. The van der Waals surface area contributed by atoms with E-state index in [0.29, 0.717) is 17.2 Å². The van der Waals surface area contributed by atoms with Gasteiger partial charge in [0, 0.05) is 23.7 Å². The highest BCUT2D eigenvalue weighted by molar-refractivity contribution is 7.81. The summed E-state index contributed by atoms with van der Waals surface area (Å²) in [6.45, 7) is 12.7. The van der Waals surface area contributed by atoms with Crippen LogP contribution in [0.2, 0.25) is 0 Å². The molecule has 2 aromatic rings. The van der Waals surface area contributed by atoms with E-state index in [0.717, 1.165) is 11.1 Å². The molecule has 0 unspecified atom stereocenters. The van der Waals surface area contributed by atoms with Gasteiger partial charge in [0.1, 0.15) is 0 Å². The number of aliphatic hydroxyl groups excluding tert-OH is 1. The van der Waals surface area contributed by atoms with Crippen molar-refractivity contribution in [2.24, 2.45) is 0 Å². The van der Waals surface area contributed by atoms with Crippen molar-refractivity contribution in [1.29, 1.82) is 0 Å². The molecule has 1 heterocycles. The maximum Gasteiger partial charge on any atom is 0.288 e. The minimum atomic E-state index is 0.0623. The van der Waals surface area contributed by atoms with Crippen molar-refractivity contribution in [3.8, 4) is 0 Å². The standard InChI is InChI=1S/C22H26N2OS/c1-6-13-23-21(26)19(24-14-7-8-16(2)15-24)20(25)17-9-11-18(12-10-17)22(3,4)5/h6-12,14-15H,1,13H2,2-5H3,(H-,23,25,26)/p+1. The number of benzene rings is 1. The van der Waals surface area contributed by atoms with Gasteiger partial charge in [-0.15, -0.1) is 6.58 Å². The van der Waals surface area contributed by atoms with Crippen molar-refractivity contribution in [3.63, 3.8) is 0 Å². The summed E-state index contributed by atoms with van der Waals surface area (Å²) < 4.78 is 1.85. The predicted octanol–water partition coefficient (Wildman–Crippen LogP) is 4.57. The van der Waals surface area contributed by atoms with Crippen molar-refractivity contribution in [2.45, 2.75) is 33.1 Å². The number of aliphatic hydroxyl groups is 1. The second-order valence-electron chi connectivity index (χ2n) is 7.31. The number of aromatic nitrogens is 1. The minimum Gasteiger partial charge on any atom is -0.502 e. The van der Waals surface area contributed by atoms with Gasteiger partial charge in [0.2, 0.25) is 0 Å². The van der Waals surface area contributed by atoms with E-state index in [9.17, 15) is 5.11 Å². The maximum atomic E-state index is 11.0. The van der Waals surface area contributed by atoms with Crippen molar-refractivity contribution in [2.75, 3.05) is 6.54 Å². The molecule has 0 aliphatic carbocycles. The normalized spacial score (nSPS) is 12.3. The minimum absolute atomic E-state index is 0.0623. The summed E-state index contributed by atoms with van der Waals surface area (Å²) in [6, 6.07) is 11.9. The van der Waals surface area contributed by atoms with E-state index in [2.05, 4.69) is 32.7 Å². The van der Waals surface area contributed by atoms with Crippen LogP contribution in [-0.4, -0.2) is 16.6 Å². The third-order valence-electron chi connectivity index (χ3n) is 4.08. The predicted molar refractivity (Wildman–Crippen MR) is 113 cm³/mol. The third-order valence-corrected chi connectivity index (χ3v) is 4.42. The number of pyridine rings is 1. The summed E-state index contributed by atoms with van der Waals surface area (Å²) in [5.74, 6) is 0.141. The van der Waals surface area contributed by atoms with Gasteiger partial charge in [-0.3, -0.25) is 0 Å². The Hall–Kier alpha value is -2.46. The number of rotatable bonds is 5. The van der Waals surface area contributed by atoms with Crippen LogP contribution in [0.1, 0.15) is 37.5 Å². The fourth-order valence-electron chi connectivity index (χ4n) is 2.59. The Morgan fingerprint density at radius 3 is 2.42 bits per heavy atom. The van der Waals surface area contributed by atoms with Crippen LogP contribution in [0.25, 0.3) is 11.5 Å². The SMILES string of the molecule is C=CCNC(=S)/C(=C(\O)c1ccc(C(C)(C)C)cc1)[n+]1cccc(C)c1. The highest BCUT2D eigenvalue weighted by atomic mass is 32.1. The van der Waals surface area contributed by atoms with Crippen LogP contribution in [-0.2, 0) is 5.41 Å². The molecule has 26 heavy (non-hydrogen) atoms. The molecule has 0 fully saturated rings. The van der Waals surface area contributed by atoms with Crippen LogP contribution in [0.3, 0.4) is 0 Å². The molecule has 0 amide bonds. The molecular formula is C22H27N2OS+. The zero-order chi connectivity index (χ0) is 19.3. The molecule has 0 aliphatic heterocycles. The molecule has 0 spiro atoms. The number of aryl methyl sites for hydroxylation is 1. The molecule has 3 nitrogen and oxygen atoms in total. The molecule has 0 saturated heterocycles. The van der Waals surface area contributed by atoms with E-state index in [1.54, 1.807) is 6.08 Å². The Morgan fingerprint density at radius 1 is 1.23 bits per heavy atom. The van der Waals surface area contributed by atoms with E-state index in [1.165, 1.54) is 5.56 Å². The van der Waals surface area contributed by atoms with Crippen molar-refractivity contribution >= 4 is 28.7 Å². The summed E-state index contributed by atoms with van der Waals surface area (Å²) in [7, 11) is 0. The first-order valence-corrected chi connectivity index (χ1v) is 9.06. The molecule has 0 bridgehead atoms. The molecule has 0 saturated carbocycles. The Balaban J connectivity index is 2.54. The molecule has 0 aliphatic rings. The van der Waals surface area contributed by atoms with E-state index in [4.69, 9.17) is 12.2 Å². The Labute approximate surface area is 161 Å². The molecule has 1 aromatic heterocycles. The lowest BCUT2D eigenvalue weighted by Crippen LogP contribution is -2.41. The fraction of sp³-hybridized carbons (Fsp3) is 0.273. The average molecular weight is 368 g/mol. The number of nitrogens with zero attached hydrogens (tertiary/aromatic N) is 1. The van der Waals surface area contributed by atoms with Gasteiger partial charge >= 0.3 is 0 Å². The Morgan fingerprint density at radius 2 is 1.88 bits per heavy atom. The van der Waals surface area contributed by atoms with Gasteiger partial charge in [0.15, 0.2) is 23.1 Å². The molecule has 0 radical (unpaired) electrons. The van der Waals surface area contributed by atoms with Crippen LogP contribution in [0.4, 0.5) is 0 Å². The molecule has 1 aromatic carbocycles. The van der Waals surface area contributed by atoms with Crippen LogP contribution in [0.5, 0.6) is 0 Å². The maximum absolute atomic E-state index is 11.0. The van der Waals surface area contributed by atoms with Crippen LogP contribution >= 0.6 is 12.2 Å². The Kier molecular flexibility index (Phi) is 6.32. The number of thiocarbonyl (C=S) groups is 1. The number of nitrogens with one attached hydrogen (secondary N) is 1. The molecule has 4 heteroatoms. The molecule has 2 rings (SSSR count). The summed E-state index contributed by atoms with van der Waals surface area (Å²) >= 11 is 5.53. The smallest absolute Gasteiger partial charge is 0.288 e. The van der Waals surface area contributed by atoms with Gasteiger partial charge in [-0.1, -0.05) is 63.3 Å². The second-order valence-corrected chi connectivity index (χ2v) is 7.72. The summed E-state index contributed by atoms with van der Waals surface area (Å²) in [5, 5.41) is 14.1. The van der Waals surface area contributed by atoms with Gasteiger partial charge < -0.3 is 10.4 Å². The van der Waals surface area contributed by atoms with Crippen LogP contribution in [0.15, 0.2) is 61.4 Å². The summed E-state index contributed by atoms with van der Waals surface area (Å²) in [4.78, 5) is 0.470. The van der Waals surface area contributed by atoms with E-state index < -0.39 is 0 Å². The number of hydrogen-bond donors (Lipinski definition) is 2. The van der Waals surface area contributed by atoms with Gasteiger partial charge in [-0.25, -0.2) is 0 Å². The van der Waals surface area contributed by atoms with Gasteiger partial charge in [0.05, 0.1) is 0 Å². The van der Waals surface area contributed by atoms with E-state index in [-0.39, 0.29) is 11.2 Å². The quantitative estimate of drug-likeness (QED) is 0.267. The summed E-state index contributed by atoms with van der Waals surface area (Å²) in [6.07, 6.45) is 5.56. The zero-order valence-corrected chi connectivity index (χ0v) is 16.7. The molecule has 136 valence electrons. The molecule has 0 atom stereocenters. The van der Waals surface area contributed by atoms with Crippen molar-refractivity contribution in [3.05, 3.63) is 78.1 Å². The zero-order valence-electron chi connectivity index (χ0n) is 15.9. The van der Waals surface area contributed by atoms with Gasteiger partial charge in [0.25, 0.3) is 5.70 Å². The largest absolute Gasteiger partial charge is 0.502 e. The van der Waals surface area contributed by atoms with Gasteiger partial charge in [-0.2, -0.15) is 4.57 Å². The lowest BCUT2D eigenvalue weighted by Gasteiger charge is -2.19. The molecule has 2 N–H and O–H groups in total. The summed E-state index contributed by atoms with van der Waals surface area (Å²) in [5.41, 5.74) is 3.63. The highest BCUT2D eigenvalue weighted by Gasteiger charge is 2.24. The highest BCUT2D eigenvalue weighted by Crippen LogP contribution is 2.25. The fourth-order valence-corrected chi connectivity index (χ4v) is 2.88.